The average Bonchev–Trinajstić information content (AvgIpc) is 2.85. The third kappa shape index (κ3) is 4.61. The van der Waals surface area contributed by atoms with Gasteiger partial charge in [0, 0.05) is 5.69 Å². The van der Waals surface area contributed by atoms with Crippen molar-refractivity contribution in [3.63, 3.8) is 0 Å². The maximum atomic E-state index is 12.9. The van der Waals surface area contributed by atoms with Gasteiger partial charge in [-0.1, -0.05) is 32.0 Å². The van der Waals surface area contributed by atoms with Crippen LogP contribution in [0.3, 0.4) is 0 Å². The van der Waals surface area contributed by atoms with E-state index in [2.05, 4.69) is 39.4 Å². The second kappa shape index (κ2) is 8.02. The summed E-state index contributed by atoms with van der Waals surface area (Å²) in [6, 6.07) is 7.23. The summed E-state index contributed by atoms with van der Waals surface area (Å²) in [6.07, 6.45) is 1.41. The van der Waals surface area contributed by atoms with E-state index in [0.717, 1.165) is 22.6 Å². The summed E-state index contributed by atoms with van der Waals surface area (Å²) in [6.45, 7) is 7.80. The van der Waals surface area contributed by atoms with Gasteiger partial charge in [0.15, 0.2) is 5.82 Å². The smallest absolute Gasteiger partial charge is 0.325 e. The predicted octanol–water partition coefficient (Wildman–Crippen LogP) is 2.75. The Hall–Kier alpha value is -3.23. The number of anilines is 3. The number of benzene rings is 1. The molecule has 0 radical (unpaired) electrons. The van der Waals surface area contributed by atoms with Gasteiger partial charge in [0.2, 0.25) is 11.9 Å². The first kappa shape index (κ1) is 20.5. The fourth-order valence-electron chi connectivity index (χ4n) is 3.18. The van der Waals surface area contributed by atoms with Gasteiger partial charge < -0.3 is 16.4 Å². The Morgan fingerprint density at radius 1 is 1.21 bits per heavy atom. The van der Waals surface area contributed by atoms with Gasteiger partial charge in [-0.25, -0.2) is 4.79 Å². The first-order valence-corrected chi connectivity index (χ1v) is 9.65. The number of hydrogen-bond donors (Lipinski definition) is 3. The van der Waals surface area contributed by atoms with Crippen LogP contribution in [0.4, 0.5) is 22.4 Å². The number of hydrogen-bond acceptors (Lipinski definition) is 7. The van der Waals surface area contributed by atoms with Crippen molar-refractivity contribution in [2.24, 2.45) is 5.92 Å². The molecule has 2 aromatic rings. The highest BCUT2D eigenvalue weighted by Crippen LogP contribution is 2.26. The van der Waals surface area contributed by atoms with Crippen LogP contribution in [0.5, 0.6) is 0 Å². The monoisotopic (exact) mass is 397 g/mol. The summed E-state index contributed by atoms with van der Waals surface area (Å²) in [4.78, 5) is 39.0. The van der Waals surface area contributed by atoms with Gasteiger partial charge in [0.05, 0.1) is 6.54 Å². The minimum absolute atomic E-state index is 0.0145. The zero-order chi connectivity index (χ0) is 21.2. The molecule has 1 saturated heterocycles. The van der Waals surface area contributed by atoms with E-state index in [4.69, 9.17) is 5.73 Å². The molecule has 2 heterocycles. The normalized spacial score (nSPS) is 19.0. The van der Waals surface area contributed by atoms with E-state index >= 15 is 0 Å². The first-order chi connectivity index (χ1) is 13.7. The van der Waals surface area contributed by atoms with E-state index in [1.165, 1.54) is 0 Å². The van der Waals surface area contributed by atoms with E-state index in [1.54, 1.807) is 6.92 Å². The molecule has 3 amide bonds. The lowest BCUT2D eigenvalue weighted by Gasteiger charge is -2.22. The van der Waals surface area contributed by atoms with Crippen molar-refractivity contribution < 1.29 is 9.59 Å². The average molecular weight is 397 g/mol. The first-order valence-electron chi connectivity index (χ1n) is 9.65. The topological polar surface area (TPSA) is 126 Å². The number of imide groups is 1. The summed E-state index contributed by atoms with van der Waals surface area (Å²) in [5.74, 6) is 0.668. The van der Waals surface area contributed by atoms with Gasteiger partial charge in [-0.05, 0) is 44.2 Å². The van der Waals surface area contributed by atoms with Crippen LogP contribution >= 0.6 is 0 Å². The van der Waals surface area contributed by atoms with Crippen molar-refractivity contribution in [2.45, 2.75) is 52.6 Å². The molecule has 9 heteroatoms. The standard InChI is InChI=1S/C20H27N7O2/c1-12(2)9-10-20(4)16(28)27(19(29)26-20)11-15-23-17(21)25-18(24-15)22-14-8-6-5-7-13(14)3/h5-8,12H,9-11H2,1-4H3,(H,26,29)(H3,21,22,23,24,25)/t20-/m0/s1. The van der Waals surface area contributed by atoms with E-state index in [1.807, 2.05) is 31.2 Å². The molecule has 154 valence electrons. The number of nitrogens with one attached hydrogen (secondary N) is 2. The Balaban J connectivity index is 1.78. The molecular weight excluding hydrogens is 370 g/mol. The van der Waals surface area contributed by atoms with Crippen LogP contribution in [0.25, 0.3) is 0 Å². The molecule has 0 unspecified atom stereocenters. The lowest BCUT2D eigenvalue weighted by molar-refractivity contribution is -0.131. The number of amides is 3. The molecule has 0 spiro atoms. The van der Waals surface area contributed by atoms with Crippen LogP contribution in [0.2, 0.25) is 0 Å². The number of rotatable bonds is 7. The molecule has 3 rings (SSSR count). The Labute approximate surface area is 170 Å². The number of nitrogen functional groups attached to an aromatic ring is 1. The number of carbonyl (C=O) groups excluding carboxylic acids is 2. The van der Waals surface area contributed by atoms with Crippen LogP contribution in [0.1, 0.15) is 45.0 Å². The molecule has 1 atom stereocenters. The van der Waals surface area contributed by atoms with Crippen molar-refractivity contribution in [3.05, 3.63) is 35.7 Å². The van der Waals surface area contributed by atoms with Crippen LogP contribution in [0, 0.1) is 12.8 Å². The number of carbonyl (C=O) groups is 2. The molecule has 1 aromatic heterocycles. The second-order valence-corrected chi connectivity index (χ2v) is 7.96. The van der Waals surface area contributed by atoms with Gasteiger partial charge in [-0.15, -0.1) is 0 Å². The van der Waals surface area contributed by atoms with Crippen molar-refractivity contribution in [1.29, 1.82) is 0 Å². The lowest BCUT2D eigenvalue weighted by atomic mass is 9.92. The van der Waals surface area contributed by atoms with Gasteiger partial charge >= 0.3 is 6.03 Å². The van der Waals surface area contributed by atoms with Gasteiger partial charge in [0.25, 0.3) is 5.91 Å². The number of nitrogens with zero attached hydrogens (tertiary/aromatic N) is 4. The zero-order valence-electron chi connectivity index (χ0n) is 17.2. The third-order valence-electron chi connectivity index (χ3n) is 4.96. The molecule has 1 aromatic carbocycles. The Bertz CT molecular complexity index is 931. The molecule has 1 aliphatic rings. The fraction of sp³-hybridized carbons (Fsp3) is 0.450. The molecule has 29 heavy (non-hydrogen) atoms. The number of aromatic nitrogens is 3. The third-order valence-corrected chi connectivity index (χ3v) is 4.96. The highest BCUT2D eigenvalue weighted by molar-refractivity contribution is 6.06. The number of urea groups is 1. The SMILES string of the molecule is Cc1ccccc1Nc1nc(N)nc(CN2C(=O)N[C@@](C)(CCC(C)C)C2=O)n1. The van der Waals surface area contributed by atoms with Gasteiger partial charge in [0.1, 0.15) is 5.54 Å². The fourth-order valence-corrected chi connectivity index (χ4v) is 3.18. The molecular formula is C20H27N7O2. The highest BCUT2D eigenvalue weighted by atomic mass is 16.2. The molecule has 0 aliphatic carbocycles. The second-order valence-electron chi connectivity index (χ2n) is 7.96. The highest BCUT2D eigenvalue weighted by Gasteiger charge is 2.47. The van der Waals surface area contributed by atoms with Crippen molar-refractivity contribution in [1.82, 2.24) is 25.2 Å². The summed E-state index contributed by atoms with van der Waals surface area (Å²) in [5, 5.41) is 5.91. The van der Waals surface area contributed by atoms with Crippen molar-refractivity contribution in [2.75, 3.05) is 11.1 Å². The van der Waals surface area contributed by atoms with Crippen LogP contribution < -0.4 is 16.4 Å². The summed E-state index contributed by atoms with van der Waals surface area (Å²) >= 11 is 0. The maximum absolute atomic E-state index is 12.9. The molecule has 9 nitrogen and oxygen atoms in total. The van der Waals surface area contributed by atoms with E-state index in [0.29, 0.717) is 12.3 Å². The molecule has 1 aliphatic heterocycles. The summed E-state index contributed by atoms with van der Waals surface area (Å²) in [7, 11) is 0. The Morgan fingerprint density at radius 3 is 2.62 bits per heavy atom. The predicted molar refractivity (Wildman–Crippen MR) is 110 cm³/mol. The Kier molecular flexibility index (Phi) is 5.67. The summed E-state index contributed by atoms with van der Waals surface area (Å²) < 4.78 is 0. The van der Waals surface area contributed by atoms with Crippen LogP contribution in [0.15, 0.2) is 24.3 Å². The van der Waals surface area contributed by atoms with Crippen molar-refractivity contribution >= 4 is 29.5 Å². The number of para-hydroxylation sites is 1. The molecule has 1 fully saturated rings. The van der Waals surface area contributed by atoms with Crippen LogP contribution in [-0.4, -0.2) is 37.3 Å². The van der Waals surface area contributed by atoms with E-state index < -0.39 is 11.6 Å². The zero-order valence-corrected chi connectivity index (χ0v) is 17.2. The minimum Gasteiger partial charge on any atom is -0.368 e. The largest absolute Gasteiger partial charge is 0.368 e. The van der Waals surface area contributed by atoms with E-state index in [-0.39, 0.29) is 30.2 Å². The number of aryl methyl sites for hydroxylation is 1. The van der Waals surface area contributed by atoms with Gasteiger partial charge in [-0.2, -0.15) is 15.0 Å². The van der Waals surface area contributed by atoms with Gasteiger partial charge in [-0.3, -0.25) is 9.69 Å². The minimum atomic E-state index is -0.915. The Morgan fingerprint density at radius 2 is 1.93 bits per heavy atom. The number of nitrogens with two attached hydrogens (primary N) is 1. The molecule has 0 bridgehead atoms. The quantitative estimate of drug-likeness (QED) is 0.613. The molecule has 0 saturated carbocycles. The maximum Gasteiger partial charge on any atom is 0.325 e. The summed E-state index contributed by atoms with van der Waals surface area (Å²) in [5.41, 5.74) is 6.76. The van der Waals surface area contributed by atoms with E-state index in [9.17, 15) is 9.59 Å². The van der Waals surface area contributed by atoms with Crippen LogP contribution in [-0.2, 0) is 11.3 Å². The van der Waals surface area contributed by atoms with Crippen molar-refractivity contribution in [3.8, 4) is 0 Å². The molecule has 4 N–H and O–H groups in total. The lowest BCUT2D eigenvalue weighted by Crippen LogP contribution is -2.44.